The summed E-state index contributed by atoms with van der Waals surface area (Å²) >= 11 is 0. The normalized spacial score (nSPS) is 14.1. The van der Waals surface area contributed by atoms with E-state index in [9.17, 15) is 0 Å². The Balaban J connectivity index is 1.87. The molecule has 1 N–H and O–H groups in total. The zero-order valence-corrected chi connectivity index (χ0v) is 12.5. The minimum Gasteiger partial charge on any atom is -0.469 e. The zero-order chi connectivity index (χ0) is 14.2. The molecule has 2 rings (SSSR count). The first kappa shape index (κ1) is 14.9. The lowest BCUT2D eigenvalue weighted by molar-refractivity contribution is 0.401. The fourth-order valence-corrected chi connectivity index (χ4v) is 2.56. The average molecular weight is 271 g/mol. The second kappa shape index (κ2) is 7.91. The van der Waals surface area contributed by atoms with Gasteiger partial charge in [-0.25, -0.2) is 0 Å². The average Bonchev–Trinajstić information content (AvgIpc) is 2.99. The maximum absolute atomic E-state index is 5.39. The van der Waals surface area contributed by atoms with Gasteiger partial charge in [0.2, 0.25) is 0 Å². The van der Waals surface area contributed by atoms with Crippen molar-refractivity contribution in [3.63, 3.8) is 0 Å². The molecule has 0 saturated heterocycles. The van der Waals surface area contributed by atoms with E-state index in [2.05, 4.69) is 49.5 Å². The summed E-state index contributed by atoms with van der Waals surface area (Å²) in [7, 11) is 0. The smallest absolute Gasteiger partial charge is 0.103 e. The Morgan fingerprint density at radius 3 is 2.50 bits per heavy atom. The standard InChI is InChI=1S/C18H25NO/c1-3-8-18(16-9-5-4-6-10-16)19-15(2)12-13-17-11-7-14-20-17/h4-7,9-11,14-15,18-19H,3,8,12-13H2,1-2H3. The fraction of sp³-hybridized carbons (Fsp3) is 0.444. The minimum absolute atomic E-state index is 0.452. The van der Waals surface area contributed by atoms with Crippen molar-refractivity contribution < 1.29 is 4.42 Å². The van der Waals surface area contributed by atoms with Crippen molar-refractivity contribution in [3.8, 4) is 0 Å². The molecular formula is C18H25NO. The number of nitrogens with one attached hydrogen (secondary N) is 1. The van der Waals surface area contributed by atoms with Crippen LogP contribution in [0.2, 0.25) is 0 Å². The van der Waals surface area contributed by atoms with Crippen LogP contribution in [0.3, 0.4) is 0 Å². The van der Waals surface area contributed by atoms with Crippen molar-refractivity contribution in [2.24, 2.45) is 0 Å². The van der Waals surface area contributed by atoms with Gasteiger partial charge in [-0.2, -0.15) is 0 Å². The third-order valence-electron chi connectivity index (χ3n) is 3.67. The topological polar surface area (TPSA) is 25.2 Å². The molecule has 0 spiro atoms. The van der Waals surface area contributed by atoms with Crippen LogP contribution in [0.5, 0.6) is 0 Å². The molecule has 2 unspecified atom stereocenters. The summed E-state index contributed by atoms with van der Waals surface area (Å²) in [4.78, 5) is 0. The van der Waals surface area contributed by atoms with Crippen LogP contribution in [0, 0.1) is 0 Å². The molecule has 0 aliphatic rings. The quantitative estimate of drug-likeness (QED) is 0.750. The van der Waals surface area contributed by atoms with E-state index in [1.165, 1.54) is 18.4 Å². The maximum atomic E-state index is 5.39. The Morgan fingerprint density at radius 2 is 1.85 bits per heavy atom. The zero-order valence-electron chi connectivity index (χ0n) is 12.5. The predicted octanol–water partition coefficient (Wildman–Crippen LogP) is 4.73. The summed E-state index contributed by atoms with van der Waals surface area (Å²) in [6.07, 6.45) is 6.21. The van der Waals surface area contributed by atoms with Crippen LogP contribution in [0.4, 0.5) is 0 Å². The van der Waals surface area contributed by atoms with Crippen LogP contribution in [0.1, 0.15) is 50.5 Å². The van der Waals surface area contributed by atoms with Crippen LogP contribution in [0.15, 0.2) is 53.1 Å². The summed E-state index contributed by atoms with van der Waals surface area (Å²) < 4.78 is 5.39. The summed E-state index contributed by atoms with van der Waals surface area (Å²) in [5, 5.41) is 3.75. The number of aryl methyl sites for hydroxylation is 1. The molecule has 2 nitrogen and oxygen atoms in total. The van der Waals surface area contributed by atoms with Gasteiger partial charge in [-0.1, -0.05) is 43.7 Å². The van der Waals surface area contributed by atoms with Crippen LogP contribution in [-0.4, -0.2) is 6.04 Å². The highest BCUT2D eigenvalue weighted by Crippen LogP contribution is 2.19. The molecule has 0 aliphatic heterocycles. The molecule has 0 bridgehead atoms. The van der Waals surface area contributed by atoms with E-state index in [-0.39, 0.29) is 0 Å². The first-order chi connectivity index (χ1) is 9.79. The van der Waals surface area contributed by atoms with Gasteiger partial charge in [0.05, 0.1) is 6.26 Å². The van der Waals surface area contributed by atoms with Gasteiger partial charge in [-0.15, -0.1) is 0 Å². The summed E-state index contributed by atoms with van der Waals surface area (Å²) in [6.45, 7) is 4.50. The molecule has 20 heavy (non-hydrogen) atoms. The lowest BCUT2D eigenvalue weighted by Gasteiger charge is -2.23. The SMILES string of the molecule is CCCC(NC(C)CCc1ccco1)c1ccccc1. The summed E-state index contributed by atoms with van der Waals surface area (Å²) in [5.41, 5.74) is 1.39. The maximum Gasteiger partial charge on any atom is 0.103 e. The molecular weight excluding hydrogens is 246 g/mol. The highest BCUT2D eigenvalue weighted by molar-refractivity contribution is 5.19. The van der Waals surface area contributed by atoms with Gasteiger partial charge in [0, 0.05) is 18.5 Å². The molecule has 2 heteroatoms. The number of furan rings is 1. The molecule has 1 aromatic heterocycles. The Labute approximate surface area is 122 Å². The van der Waals surface area contributed by atoms with E-state index < -0.39 is 0 Å². The molecule has 1 aromatic carbocycles. The lowest BCUT2D eigenvalue weighted by atomic mass is 10.0. The highest BCUT2D eigenvalue weighted by Gasteiger charge is 2.13. The Bertz CT molecular complexity index is 463. The molecule has 0 saturated carbocycles. The number of hydrogen-bond acceptors (Lipinski definition) is 2. The highest BCUT2D eigenvalue weighted by atomic mass is 16.3. The first-order valence-electron chi connectivity index (χ1n) is 7.63. The van der Waals surface area contributed by atoms with Crippen molar-refractivity contribution in [3.05, 3.63) is 60.1 Å². The van der Waals surface area contributed by atoms with Crippen molar-refractivity contribution in [1.82, 2.24) is 5.32 Å². The third kappa shape index (κ3) is 4.53. The van der Waals surface area contributed by atoms with E-state index >= 15 is 0 Å². The fourth-order valence-electron chi connectivity index (χ4n) is 2.56. The minimum atomic E-state index is 0.452. The van der Waals surface area contributed by atoms with Gasteiger partial charge in [0.1, 0.15) is 5.76 Å². The summed E-state index contributed by atoms with van der Waals surface area (Å²) in [5.74, 6) is 1.07. The van der Waals surface area contributed by atoms with Crippen molar-refractivity contribution in [2.45, 2.75) is 51.6 Å². The monoisotopic (exact) mass is 271 g/mol. The van der Waals surface area contributed by atoms with Crippen molar-refractivity contribution in [1.29, 1.82) is 0 Å². The first-order valence-corrected chi connectivity index (χ1v) is 7.63. The Morgan fingerprint density at radius 1 is 1.05 bits per heavy atom. The van der Waals surface area contributed by atoms with Crippen molar-refractivity contribution in [2.75, 3.05) is 0 Å². The molecule has 2 aromatic rings. The van der Waals surface area contributed by atoms with E-state index in [0.717, 1.165) is 18.6 Å². The number of rotatable bonds is 8. The van der Waals surface area contributed by atoms with Gasteiger partial charge in [-0.05, 0) is 37.5 Å². The number of hydrogen-bond donors (Lipinski definition) is 1. The molecule has 0 fully saturated rings. The molecule has 1 heterocycles. The van der Waals surface area contributed by atoms with Crippen LogP contribution >= 0.6 is 0 Å². The molecule has 0 radical (unpaired) electrons. The van der Waals surface area contributed by atoms with Crippen LogP contribution in [-0.2, 0) is 6.42 Å². The van der Waals surface area contributed by atoms with E-state index in [4.69, 9.17) is 4.42 Å². The van der Waals surface area contributed by atoms with Gasteiger partial charge >= 0.3 is 0 Å². The Kier molecular flexibility index (Phi) is 5.87. The lowest BCUT2D eigenvalue weighted by Crippen LogP contribution is -2.31. The van der Waals surface area contributed by atoms with E-state index in [1.54, 1.807) is 6.26 Å². The van der Waals surface area contributed by atoms with Gasteiger partial charge in [-0.3, -0.25) is 0 Å². The second-order valence-corrected chi connectivity index (χ2v) is 5.44. The van der Waals surface area contributed by atoms with Crippen molar-refractivity contribution >= 4 is 0 Å². The predicted molar refractivity (Wildman–Crippen MR) is 83.7 cm³/mol. The van der Waals surface area contributed by atoms with E-state index in [0.29, 0.717) is 12.1 Å². The van der Waals surface area contributed by atoms with E-state index in [1.807, 2.05) is 12.1 Å². The Hall–Kier alpha value is -1.54. The third-order valence-corrected chi connectivity index (χ3v) is 3.67. The van der Waals surface area contributed by atoms with Gasteiger partial charge in [0.25, 0.3) is 0 Å². The van der Waals surface area contributed by atoms with Crippen LogP contribution < -0.4 is 5.32 Å². The van der Waals surface area contributed by atoms with Crippen LogP contribution in [0.25, 0.3) is 0 Å². The largest absolute Gasteiger partial charge is 0.469 e. The number of benzene rings is 1. The molecule has 0 amide bonds. The molecule has 108 valence electrons. The molecule has 2 atom stereocenters. The molecule has 0 aliphatic carbocycles. The van der Waals surface area contributed by atoms with Gasteiger partial charge in [0.15, 0.2) is 0 Å². The summed E-state index contributed by atoms with van der Waals surface area (Å²) in [6, 6.07) is 15.7. The second-order valence-electron chi connectivity index (χ2n) is 5.44. The van der Waals surface area contributed by atoms with Gasteiger partial charge < -0.3 is 9.73 Å².